The van der Waals surface area contributed by atoms with Gasteiger partial charge >= 0.3 is 0 Å². The molecule has 0 saturated heterocycles. The molecule has 0 heterocycles. The zero-order chi connectivity index (χ0) is 28.0. The van der Waals surface area contributed by atoms with E-state index in [0.29, 0.717) is 0 Å². The Bertz CT molecular complexity index is 1410. The summed E-state index contributed by atoms with van der Waals surface area (Å²) in [6.07, 6.45) is 0. The predicted octanol–water partition coefficient (Wildman–Crippen LogP) is 5.38. The fraction of sp³-hybridized carbons (Fsp3) is 0.259. The third-order valence-electron chi connectivity index (χ3n) is 5.64. The third-order valence-corrected chi connectivity index (χ3v) is 8.21. The summed E-state index contributed by atoms with van der Waals surface area (Å²) in [5, 5.41) is 2.50. The molecule has 202 valence electrons. The van der Waals surface area contributed by atoms with Gasteiger partial charge in [0, 0.05) is 17.1 Å². The maximum absolute atomic E-state index is 13.9. The Morgan fingerprint density at radius 2 is 1.68 bits per heavy atom. The first-order chi connectivity index (χ1) is 17.9. The number of hydrogen-bond donors (Lipinski definition) is 1. The minimum atomic E-state index is -4.26. The Morgan fingerprint density at radius 1 is 1.00 bits per heavy atom. The van der Waals surface area contributed by atoms with E-state index in [0.717, 1.165) is 26.5 Å². The lowest BCUT2D eigenvalue weighted by Crippen LogP contribution is -2.52. The van der Waals surface area contributed by atoms with Gasteiger partial charge in [0.25, 0.3) is 10.0 Å². The van der Waals surface area contributed by atoms with E-state index in [-0.39, 0.29) is 34.1 Å². The molecule has 2 amide bonds. The molecule has 0 fully saturated rings. The Labute approximate surface area is 235 Å². The smallest absolute Gasteiger partial charge is 0.264 e. The molecule has 3 aromatic carbocycles. The molecule has 0 spiro atoms. The van der Waals surface area contributed by atoms with Gasteiger partial charge in [0.15, 0.2) is 0 Å². The average molecular weight is 625 g/mol. The molecule has 38 heavy (non-hydrogen) atoms. The van der Waals surface area contributed by atoms with Gasteiger partial charge in [-0.25, -0.2) is 12.8 Å². The van der Waals surface area contributed by atoms with Crippen LogP contribution < -0.4 is 9.62 Å². The molecule has 0 unspecified atom stereocenters. The van der Waals surface area contributed by atoms with Gasteiger partial charge in [0.2, 0.25) is 11.8 Å². The Hall–Kier alpha value is -2.95. The van der Waals surface area contributed by atoms with Crippen LogP contribution in [0.25, 0.3) is 0 Å². The van der Waals surface area contributed by atoms with E-state index >= 15 is 0 Å². The lowest BCUT2D eigenvalue weighted by atomic mass is 10.1. The Morgan fingerprint density at radius 3 is 2.29 bits per heavy atom. The van der Waals surface area contributed by atoms with Crippen LogP contribution in [0, 0.1) is 5.82 Å². The molecule has 3 rings (SSSR count). The van der Waals surface area contributed by atoms with Gasteiger partial charge in [-0.1, -0.05) is 57.9 Å². The first-order valence-corrected chi connectivity index (χ1v) is 14.4. The zero-order valence-corrected chi connectivity index (χ0v) is 24.2. The second-order valence-corrected chi connectivity index (χ2v) is 12.1. The molecule has 0 saturated carbocycles. The first kappa shape index (κ1) is 29.6. The minimum absolute atomic E-state index is 0.00953. The molecule has 3 aromatic rings. The molecule has 11 heteroatoms. The summed E-state index contributed by atoms with van der Waals surface area (Å²) in [5.74, 6) is -1.74. The fourth-order valence-corrected chi connectivity index (χ4v) is 5.76. The van der Waals surface area contributed by atoms with Crippen LogP contribution in [0.1, 0.15) is 26.3 Å². The van der Waals surface area contributed by atoms with E-state index in [9.17, 15) is 22.4 Å². The molecule has 1 N–H and O–H groups in total. The van der Waals surface area contributed by atoms with Crippen LogP contribution in [0.15, 0.2) is 82.2 Å². The maximum Gasteiger partial charge on any atom is 0.264 e. The van der Waals surface area contributed by atoms with Crippen molar-refractivity contribution in [3.05, 3.63) is 93.7 Å². The van der Waals surface area contributed by atoms with Crippen LogP contribution >= 0.6 is 27.5 Å². The van der Waals surface area contributed by atoms with Gasteiger partial charge < -0.3 is 10.2 Å². The summed E-state index contributed by atoms with van der Waals surface area (Å²) < 4.78 is 42.9. The summed E-state index contributed by atoms with van der Waals surface area (Å²) in [6, 6.07) is 17.2. The van der Waals surface area contributed by atoms with Crippen molar-refractivity contribution >= 4 is 55.1 Å². The van der Waals surface area contributed by atoms with Crippen LogP contribution in [-0.4, -0.2) is 43.8 Å². The molecule has 0 aromatic heterocycles. The Balaban J connectivity index is 2.05. The van der Waals surface area contributed by atoms with Crippen molar-refractivity contribution in [3.8, 4) is 0 Å². The van der Waals surface area contributed by atoms with Crippen LogP contribution in [0.2, 0.25) is 5.02 Å². The lowest BCUT2D eigenvalue weighted by Gasteiger charge is -2.32. The molecule has 1 atom stereocenters. The fourth-order valence-electron chi connectivity index (χ4n) is 3.71. The van der Waals surface area contributed by atoms with Crippen LogP contribution in [-0.2, 0) is 26.2 Å². The molecule has 0 aliphatic heterocycles. The van der Waals surface area contributed by atoms with Gasteiger partial charge in [0.05, 0.1) is 15.6 Å². The highest BCUT2D eigenvalue weighted by Gasteiger charge is 2.33. The number of halogens is 3. The van der Waals surface area contributed by atoms with Gasteiger partial charge in [-0.05, 0) is 68.8 Å². The average Bonchev–Trinajstić information content (AvgIpc) is 2.87. The van der Waals surface area contributed by atoms with Crippen molar-refractivity contribution in [2.75, 3.05) is 10.8 Å². The summed E-state index contributed by atoms with van der Waals surface area (Å²) in [4.78, 5) is 28.0. The summed E-state index contributed by atoms with van der Waals surface area (Å²) in [6.45, 7) is 4.59. The highest BCUT2D eigenvalue weighted by molar-refractivity contribution is 9.10. The van der Waals surface area contributed by atoms with Crippen LogP contribution in [0.5, 0.6) is 0 Å². The van der Waals surface area contributed by atoms with E-state index in [1.807, 2.05) is 12.1 Å². The summed E-state index contributed by atoms with van der Waals surface area (Å²) in [5.41, 5.74) is 0.745. The molecular formula is C27H28BrClFN3O4S. The number of rotatable bonds is 10. The monoisotopic (exact) mass is 623 g/mol. The van der Waals surface area contributed by atoms with Crippen LogP contribution in [0.4, 0.5) is 10.1 Å². The zero-order valence-electron chi connectivity index (χ0n) is 21.1. The number of hydrogen-bond acceptors (Lipinski definition) is 4. The normalized spacial score (nSPS) is 12.2. The number of benzene rings is 3. The highest BCUT2D eigenvalue weighted by atomic mass is 79.9. The van der Waals surface area contributed by atoms with E-state index in [4.69, 9.17) is 11.6 Å². The number of anilines is 1. The van der Waals surface area contributed by atoms with Gasteiger partial charge in [-0.3, -0.25) is 13.9 Å². The first-order valence-electron chi connectivity index (χ1n) is 11.8. The SMILES string of the molecule is CC(C)NC(=O)[C@H](C)N(Cc1cccc(Br)c1)C(=O)CN(c1ccc(F)c(Cl)c1)S(=O)(=O)c1ccccc1. The van der Waals surface area contributed by atoms with E-state index in [1.165, 1.54) is 23.1 Å². The van der Waals surface area contributed by atoms with E-state index < -0.39 is 34.3 Å². The van der Waals surface area contributed by atoms with Crippen molar-refractivity contribution < 1.29 is 22.4 Å². The van der Waals surface area contributed by atoms with E-state index in [1.54, 1.807) is 51.1 Å². The summed E-state index contributed by atoms with van der Waals surface area (Å²) >= 11 is 9.38. The lowest BCUT2D eigenvalue weighted by molar-refractivity contribution is -0.139. The number of sulfonamides is 1. The quantitative estimate of drug-likeness (QED) is 0.328. The van der Waals surface area contributed by atoms with Crippen molar-refractivity contribution in [1.29, 1.82) is 0 Å². The van der Waals surface area contributed by atoms with Gasteiger partial charge in [-0.15, -0.1) is 0 Å². The molecule has 7 nitrogen and oxygen atoms in total. The van der Waals surface area contributed by atoms with Crippen molar-refractivity contribution in [2.45, 2.75) is 44.3 Å². The maximum atomic E-state index is 13.9. The molecule has 0 bridgehead atoms. The minimum Gasteiger partial charge on any atom is -0.352 e. The van der Waals surface area contributed by atoms with Crippen LogP contribution in [0.3, 0.4) is 0 Å². The van der Waals surface area contributed by atoms with Crippen molar-refractivity contribution in [1.82, 2.24) is 10.2 Å². The predicted molar refractivity (Wildman–Crippen MR) is 150 cm³/mol. The van der Waals surface area contributed by atoms with Crippen molar-refractivity contribution in [2.24, 2.45) is 0 Å². The molecule has 0 radical (unpaired) electrons. The molecular weight excluding hydrogens is 597 g/mol. The standard InChI is InChI=1S/C27H28BrClFN3O4S/c1-18(2)31-27(35)19(3)32(16-20-8-7-9-21(28)14-20)26(34)17-33(22-12-13-25(30)24(29)15-22)38(36,37)23-10-5-4-6-11-23/h4-15,18-19H,16-17H2,1-3H3,(H,31,35)/t19-/m0/s1. The summed E-state index contributed by atoms with van der Waals surface area (Å²) in [7, 11) is -4.26. The van der Waals surface area contributed by atoms with E-state index in [2.05, 4.69) is 21.2 Å². The number of nitrogens with one attached hydrogen (secondary N) is 1. The molecule has 0 aliphatic carbocycles. The number of carbonyl (C=O) groups is 2. The number of carbonyl (C=O) groups excluding carboxylic acids is 2. The largest absolute Gasteiger partial charge is 0.352 e. The van der Waals surface area contributed by atoms with Gasteiger partial charge in [0.1, 0.15) is 18.4 Å². The van der Waals surface area contributed by atoms with Gasteiger partial charge in [-0.2, -0.15) is 0 Å². The second-order valence-electron chi connectivity index (χ2n) is 8.91. The third kappa shape index (κ3) is 7.33. The second kappa shape index (κ2) is 12.7. The van der Waals surface area contributed by atoms with Crippen molar-refractivity contribution in [3.63, 3.8) is 0 Å². The topological polar surface area (TPSA) is 86.8 Å². The number of amides is 2. The Kier molecular flexibility index (Phi) is 9.92. The molecule has 0 aliphatic rings. The highest BCUT2D eigenvalue weighted by Crippen LogP contribution is 2.28. The number of nitrogens with zero attached hydrogens (tertiary/aromatic N) is 2.